The lowest BCUT2D eigenvalue weighted by atomic mass is 10.1. The zero-order valence-electron chi connectivity index (χ0n) is 10.8. The molecule has 0 unspecified atom stereocenters. The van der Waals surface area contributed by atoms with Gasteiger partial charge in [0.05, 0.1) is 0 Å². The fourth-order valence-electron chi connectivity index (χ4n) is 1.43. The molecule has 0 fully saturated rings. The summed E-state index contributed by atoms with van der Waals surface area (Å²) in [7, 11) is 0. The van der Waals surface area contributed by atoms with E-state index in [0.29, 0.717) is 5.84 Å². The third kappa shape index (κ3) is 4.31. The second-order valence-electron chi connectivity index (χ2n) is 4.03. The van der Waals surface area contributed by atoms with Gasteiger partial charge in [0, 0.05) is 11.3 Å². The number of hydrogen-bond donors (Lipinski definition) is 0. The summed E-state index contributed by atoms with van der Waals surface area (Å²) in [4.78, 5) is 3.91. The van der Waals surface area contributed by atoms with Crippen molar-refractivity contribution in [2.75, 3.05) is 0 Å². The Morgan fingerprint density at radius 2 is 1.82 bits per heavy atom. The van der Waals surface area contributed by atoms with Gasteiger partial charge in [-0.1, -0.05) is 43.2 Å². The van der Waals surface area contributed by atoms with Crippen LogP contribution in [0.5, 0.6) is 0 Å². The van der Waals surface area contributed by atoms with Crippen molar-refractivity contribution in [2.45, 2.75) is 33.6 Å². The summed E-state index contributed by atoms with van der Waals surface area (Å²) >= 11 is 0. The molecule has 0 aliphatic heterocycles. The molecule has 0 aromatic heterocycles. The van der Waals surface area contributed by atoms with Crippen molar-refractivity contribution in [3.05, 3.63) is 35.4 Å². The van der Waals surface area contributed by atoms with Gasteiger partial charge in [-0.2, -0.15) is 5.10 Å². The Hall–Kier alpha value is -1.77. The highest BCUT2D eigenvalue weighted by Crippen LogP contribution is 2.06. The summed E-state index contributed by atoms with van der Waals surface area (Å²) in [5, 5.41) is 8.29. The third-order valence-electron chi connectivity index (χ3n) is 2.39. The smallest absolute Gasteiger partial charge is 0.181 e. The first kappa shape index (κ1) is 13.3. The first-order valence-electron chi connectivity index (χ1n) is 5.82. The van der Waals surface area contributed by atoms with Gasteiger partial charge in [0.15, 0.2) is 5.84 Å². The van der Waals surface area contributed by atoms with E-state index in [1.165, 1.54) is 5.56 Å². The van der Waals surface area contributed by atoms with Crippen LogP contribution in [0.3, 0.4) is 0 Å². The van der Waals surface area contributed by atoms with E-state index in [1.54, 1.807) is 0 Å². The zero-order valence-corrected chi connectivity index (χ0v) is 10.8. The molecule has 0 aliphatic carbocycles. The molecule has 3 heteroatoms. The third-order valence-corrected chi connectivity index (χ3v) is 2.39. The Balaban J connectivity index is 2.91. The maximum atomic E-state index is 4.15. The molecule has 90 valence electrons. The van der Waals surface area contributed by atoms with Gasteiger partial charge in [-0.25, -0.2) is 4.99 Å². The van der Waals surface area contributed by atoms with Gasteiger partial charge in [-0.15, -0.1) is 5.10 Å². The van der Waals surface area contributed by atoms with Crippen LogP contribution >= 0.6 is 0 Å². The maximum Gasteiger partial charge on any atom is 0.181 e. The molecule has 17 heavy (non-hydrogen) atoms. The molecule has 3 nitrogen and oxygen atoms in total. The SMILES string of the molecule is C=N/C(=N\N=C(/C)CCC)c1ccc(C)cc1. The van der Waals surface area contributed by atoms with Gasteiger partial charge in [0.1, 0.15) is 0 Å². The molecular formula is C14H19N3. The minimum absolute atomic E-state index is 0.570. The zero-order chi connectivity index (χ0) is 12.7. The standard InChI is InChI=1S/C14H19N3/c1-5-6-12(3)16-17-14(15-4)13-9-7-11(2)8-10-13/h7-10H,4-6H2,1-3H3/b16-12+,17-14-. The molecule has 0 spiro atoms. The highest BCUT2D eigenvalue weighted by Gasteiger charge is 1.99. The van der Waals surface area contributed by atoms with Crippen LogP contribution in [0, 0.1) is 6.92 Å². The van der Waals surface area contributed by atoms with Crippen LogP contribution in [-0.2, 0) is 0 Å². The number of rotatable bonds is 4. The molecule has 0 radical (unpaired) electrons. The van der Waals surface area contributed by atoms with Crippen molar-refractivity contribution in [3.63, 3.8) is 0 Å². The summed E-state index contributed by atoms with van der Waals surface area (Å²) in [5.74, 6) is 0.570. The minimum atomic E-state index is 0.570. The van der Waals surface area contributed by atoms with Crippen LogP contribution in [0.15, 0.2) is 39.5 Å². The monoisotopic (exact) mass is 229 g/mol. The molecule has 1 rings (SSSR count). The van der Waals surface area contributed by atoms with Gasteiger partial charge in [0.2, 0.25) is 0 Å². The van der Waals surface area contributed by atoms with E-state index in [-0.39, 0.29) is 0 Å². The van der Waals surface area contributed by atoms with E-state index >= 15 is 0 Å². The predicted molar refractivity (Wildman–Crippen MR) is 75.3 cm³/mol. The number of benzene rings is 1. The first-order chi connectivity index (χ1) is 8.17. The van der Waals surface area contributed by atoms with Crippen LogP contribution in [0.4, 0.5) is 0 Å². The molecule has 0 bridgehead atoms. The number of aryl methyl sites for hydroxylation is 1. The molecule has 1 aromatic carbocycles. The van der Waals surface area contributed by atoms with Gasteiger partial charge in [0.25, 0.3) is 0 Å². The van der Waals surface area contributed by atoms with E-state index in [9.17, 15) is 0 Å². The van der Waals surface area contributed by atoms with E-state index < -0.39 is 0 Å². The molecule has 0 saturated carbocycles. The Morgan fingerprint density at radius 3 is 2.35 bits per heavy atom. The van der Waals surface area contributed by atoms with Crippen LogP contribution in [-0.4, -0.2) is 18.3 Å². The molecule has 0 heterocycles. The number of hydrogen-bond acceptors (Lipinski definition) is 2. The second kappa shape index (κ2) is 6.74. The summed E-state index contributed by atoms with van der Waals surface area (Å²) in [6.07, 6.45) is 2.04. The predicted octanol–water partition coefficient (Wildman–Crippen LogP) is 3.62. The van der Waals surface area contributed by atoms with Crippen LogP contribution in [0.1, 0.15) is 37.8 Å². The number of nitrogens with zero attached hydrogens (tertiary/aromatic N) is 3. The summed E-state index contributed by atoms with van der Waals surface area (Å²) in [6, 6.07) is 8.01. The number of amidine groups is 1. The van der Waals surface area contributed by atoms with Crippen molar-refractivity contribution in [1.82, 2.24) is 0 Å². The maximum absolute atomic E-state index is 4.15. The van der Waals surface area contributed by atoms with Crippen molar-refractivity contribution < 1.29 is 0 Å². The van der Waals surface area contributed by atoms with Gasteiger partial charge >= 0.3 is 0 Å². The highest BCUT2D eigenvalue weighted by atomic mass is 15.2. The summed E-state index contributed by atoms with van der Waals surface area (Å²) in [6.45, 7) is 9.68. The highest BCUT2D eigenvalue weighted by molar-refractivity contribution is 6.01. The Labute approximate surface area is 103 Å². The fraction of sp³-hybridized carbons (Fsp3) is 0.357. The van der Waals surface area contributed by atoms with Crippen LogP contribution in [0.2, 0.25) is 0 Å². The van der Waals surface area contributed by atoms with Gasteiger partial charge < -0.3 is 0 Å². The van der Waals surface area contributed by atoms with E-state index in [2.05, 4.69) is 28.8 Å². The van der Waals surface area contributed by atoms with Crippen molar-refractivity contribution in [2.24, 2.45) is 15.2 Å². The lowest BCUT2D eigenvalue weighted by Gasteiger charge is -2.00. The topological polar surface area (TPSA) is 37.1 Å². The Kier molecular flexibility index (Phi) is 5.27. The van der Waals surface area contributed by atoms with Gasteiger partial charge in [-0.3, -0.25) is 0 Å². The average molecular weight is 229 g/mol. The molecule has 0 N–H and O–H groups in total. The minimum Gasteiger partial charge on any atom is -0.243 e. The first-order valence-corrected chi connectivity index (χ1v) is 5.82. The van der Waals surface area contributed by atoms with Crippen molar-refractivity contribution in [1.29, 1.82) is 0 Å². The summed E-state index contributed by atoms with van der Waals surface area (Å²) < 4.78 is 0. The van der Waals surface area contributed by atoms with E-state index in [1.807, 2.05) is 38.1 Å². The van der Waals surface area contributed by atoms with E-state index in [0.717, 1.165) is 24.1 Å². The van der Waals surface area contributed by atoms with Crippen LogP contribution in [0.25, 0.3) is 0 Å². The van der Waals surface area contributed by atoms with Crippen molar-refractivity contribution in [3.8, 4) is 0 Å². The Morgan fingerprint density at radius 1 is 1.18 bits per heavy atom. The van der Waals surface area contributed by atoms with Crippen LogP contribution < -0.4 is 0 Å². The lowest BCUT2D eigenvalue weighted by molar-refractivity contribution is 0.977. The largest absolute Gasteiger partial charge is 0.243 e. The Bertz CT molecular complexity index is 427. The quantitative estimate of drug-likeness (QED) is 0.429. The normalized spacial score (nSPS) is 12.6. The summed E-state index contributed by atoms with van der Waals surface area (Å²) in [5.41, 5.74) is 3.17. The second-order valence-corrected chi connectivity index (χ2v) is 4.03. The van der Waals surface area contributed by atoms with E-state index in [4.69, 9.17) is 0 Å². The molecule has 0 aliphatic rings. The lowest BCUT2D eigenvalue weighted by Crippen LogP contribution is -1.97. The molecule has 0 amide bonds. The van der Waals surface area contributed by atoms with Crippen molar-refractivity contribution >= 4 is 18.3 Å². The molecule has 0 saturated heterocycles. The molecule has 0 atom stereocenters. The average Bonchev–Trinajstić information content (AvgIpc) is 2.32. The van der Waals surface area contributed by atoms with Gasteiger partial charge in [-0.05, 0) is 27.0 Å². The number of aliphatic imine (C=N–C) groups is 1. The molecular weight excluding hydrogens is 210 g/mol. The fourth-order valence-corrected chi connectivity index (χ4v) is 1.43. The molecule has 1 aromatic rings.